The molecule has 5 rings (SSSR count). The quantitative estimate of drug-likeness (QED) is 0.530. The average Bonchev–Trinajstić information content (AvgIpc) is 3.23. The van der Waals surface area contributed by atoms with Crippen LogP contribution >= 0.6 is 11.8 Å². The Bertz CT molecular complexity index is 1090. The molecule has 1 aromatic rings. The monoisotopic (exact) mass is 523 g/mol. The van der Waals surface area contributed by atoms with Gasteiger partial charge in [-0.1, -0.05) is 74.9 Å². The number of likely N-dealkylation sites (tertiary alicyclic amines) is 1. The van der Waals surface area contributed by atoms with Crippen molar-refractivity contribution in [2.24, 2.45) is 11.8 Å². The van der Waals surface area contributed by atoms with Gasteiger partial charge in [0.25, 0.3) is 0 Å². The van der Waals surface area contributed by atoms with Crippen LogP contribution in [0.3, 0.4) is 0 Å². The molecule has 4 aliphatic rings. The second kappa shape index (κ2) is 10.7. The third kappa shape index (κ3) is 4.22. The summed E-state index contributed by atoms with van der Waals surface area (Å²) >= 11 is 1.59. The zero-order valence-corrected chi connectivity index (χ0v) is 22.5. The summed E-state index contributed by atoms with van der Waals surface area (Å²) in [5.74, 6) is -1.50. The fourth-order valence-electron chi connectivity index (χ4n) is 6.56. The lowest BCUT2D eigenvalue weighted by atomic mass is 9.78. The second-order valence-corrected chi connectivity index (χ2v) is 11.9. The van der Waals surface area contributed by atoms with Crippen molar-refractivity contribution < 1.29 is 19.5 Å². The molecular weight excluding hydrogens is 486 g/mol. The van der Waals surface area contributed by atoms with E-state index in [0.29, 0.717) is 26.2 Å². The summed E-state index contributed by atoms with van der Waals surface area (Å²) in [7, 11) is 0. The predicted molar refractivity (Wildman–Crippen MR) is 145 cm³/mol. The minimum absolute atomic E-state index is 0.00614. The number of rotatable bonds is 8. The second-order valence-electron chi connectivity index (χ2n) is 10.4. The van der Waals surface area contributed by atoms with Crippen molar-refractivity contribution >= 4 is 29.5 Å². The van der Waals surface area contributed by atoms with Crippen molar-refractivity contribution in [3.05, 3.63) is 60.2 Å². The van der Waals surface area contributed by atoms with Crippen molar-refractivity contribution in [2.75, 3.05) is 32.8 Å². The van der Waals surface area contributed by atoms with Crippen LogP contribution in [0.25, 0.3) is 0 Å². The Hall–Kier alpha value is -2.58. The maximum absolute atomic E-state index is 14.5. The SMILES string of the molecule is CCCCN1CC=C[C@]23S[C@H]4C=CCN(CCC)C(=O)[C@H]4[C@H]2C(=O)N([C@H](CO)c2ccccc2)C3C1=O. The van der Waals surface area contributed by atoms with Gasteiger partial charge in [-0.05, 0) is 18.4 Å². The zero-order chi connectivity index (χ0) is 26.2. The highest BCUT2D eigenvalue weighted by atomic mass is 32.2. The van der Waals surface area contributed by atoms with Crippen molar-refractivity contribution in [3.63, 3.8) is 0 Å². The highest BCUT2D eigenvalue weighted by Crippen LogP contribution is 2.62. The fourth-order valence-corrected chi connectivity index (χ4v) is 8.56. The van der Waals surface area contributed by atoms with E-state index in [1.54, 1.807) is 16.7 Å². The Kier molecular flexibility index (Phi) is 7.50. The molecule has 8 heteroatoms. The van der Waals surface area contributed by atoms with Gasteiger partial charge in [0.05, 0.1) is 29.2 Å². The number of hydrogen-bond donors (Lipinski definition) is 1. The van der Waals surface area contributed by atoms with E-state index in [9.17, 15) is 19.5 Å². The zero-order valence-electron chi connectivity index (χ0n) is 21.7. The highest BCUT2D eigenvalue weighted by molar-refractivity contribution is 8.02. The summed E-state index contributed by atoms with van der Waals surface area (Å²) in [6.07, 6.45) is 10.9. The smallest absolute Gasteiger partial charge is 0.247 e. The Morgan fingerprint density at radius 3 is 2.41 bits per heavy atom. The summed E-state index contributed by atoms with van der Waals surface area (Å²) < 4.78 is -0.859. The minimum atomic E-state index is -0.859. The molecule has 1 aromatic carbocycles. The van der Waals surface area contributed by atoms with E-state index in [-0.39, 0.29) is 29.6 Å². The first-order valence-corrected chi connectivity index (χ1v) is 14.4. The molecule has 3 amide bonds. The molecular formula is C29H37N3O4S. The van der Waals surface area contributed by atoms with Crippen LogP contribution in [0.1, 0.15) is 44.7 Å². The van der Waals surface area contributed by atoms with Crippen LogP contribution in [-0.2, 0) is 14.4 Å². The molecule has 1 N–H and O–H groups in total. The van der Waals surface area contributed by atoms with Crippen LogP contribution in [0, 0.1) is 11.8 Å². The van der Waals surface area contributed by atoms with Crippen molar-refractivity contribution in [1.29, 1.82) is 0 Å². The van der Waals surface area contributed by atoms with Crippen LogP contribution in [0.15, 0.2) is 54.6 Å². The maximum Gasteiger partial charge on any atom is 0.247 e. The standard InChI is InChI=1S/C29H37N3O4S/c1-3-5-16-31-18-10-14-29-24(23-22(37-29)13-9-17-30(15-4-2)26(23)34)27(35)32(25(29)28(31)36)21(19-33)20-11-7-6-8-12-20/h6-14,21-25,33H,3-5,15-19H2,1-2H3/t21-,22+,23-,24+,25?,29+/m1/s1. The molecule has 0 aromatic heterocycles. The number of unbranched alkanes of at least 4 members (excludes halogenated alkanes) is 1. The minimum Gasteiger partial charge on any atom is -0.394 e. The fraction of sp³-hybridized carbons (Fsp3) is 0.552. The summed E-state index contributed by atoms with van der Waals surface area (Å²) in [6, 6.07) is 7.99. The number of carbonyl (C=O) groups is 3. The first-order valence-electron chi connectivity index (χ1n) is 13.6. The van der Waals surface area contributed by atoms with E-state index < -0.39 is 28.7 Å². The van der Waals surface area contributed by atoms with Gasteiger partial charge in [0.15, 0.2) is 0 Å². The van der Waals surface area contributed by atoms with Gasteiger partial charge in [-0.2, -0.15) is 0 Å². The van der Waals surface area contributed by atoms with E-state index in [1.165, 1.54) is 0 Å². The normalized spacial score (nSPS) is 31.8. The Balaban J connectivity index is 1.63. The summed E-state index contributed by atoms with van der Waals surface area (Å²) in [4.78, 5) is 48.0. The largest absolute Gasteiger partial charge is 0.394 e. The van der Waals surface area contributed by atoms with E-state index in [2.05, 4.69) is 13.0 Å². The molecule has 6 atom stereocenters. The average molecular weight is 524 g/mol. The number of fused-ring (bicyclic) bond motifs is 2. The summed E-state index contributed by atoms with van der Waals surface area (Å²) in [5, 5.41) is 10.4. The molecule has 7 nitrogen and oxygen atoms in total. The molecule has 1 spiro atoms. The van der Waals surface area contributed by atoms with E-state index in [0.717, 1.165) is 24.8 Å². The first kappa shape index (κ1) is 26.0. The van der Waals surface area contributed by atoms with Gasteiger partial charge in [0, 0.05) is 31.4 Å². The third-order valence-electron chi connectivity index (χ3n) is 8.23. The van der Waals surface area contributed by atoms with Gasteiger partial charge in [0.2, 0.25) is 17.7 Å². The van der Waals surface area contributed by atoms with Gasteiger partial charge in [0.1, 0.15) is 6.04 Å². The van der Waals surface area contributed by atoms with Crippen LogP contribution in [0.5, 0.6) is 0 Å². The Morgan fingerprint density at radius 2 is 1.70 bits per heavy atom. The number of amides is 3. The lowest BCUT2D eigenvalue weighted by Crippen LogP contribution is -2.54. The van der Waals surface area contributed by atoms with Gasteiger partial charge < -0.3 is 19.8 Å². The molecule has 198 valence electrons. The third-order valence-corrected chi connectivity index (χ3v) is 9.98. The van der Waals surface area contributed by atoms with Crippen LogP contribution in [0.4, 0.5) is 0 Å². The summed E-state index contributed by atoms with van der Waals surface area (Å²) in [6.45, 7) is 6.14. The Morgan fingerprint density at radius 1 is 0.973 bits per heavy atom. The van der Waals surface area contributed by atoms with Crippen molar-refractivity contribution in [3.8, 4) is 0 Å². The molecule has 0 bridgehead atoms. The molecule has 37 heavy (non-hydrogen) atoms. The van der Waals surface area contributed by atoms with Crippen molar-refractivity contribution in [2.45, 2.75) is 55.2 Å². The van der Waals surface area contributed by atoms with E-state index >= 15 is 0 Å². The van der Waals surface area contributed by atoms with Gasteiger partial charge in [-0.25, -0.2) is 0 Å². The number of hydrogen-bond acceptors (Lipinski definition) is 5. The molecule has 1 unspecified atom stereocenters. The number of carbonyl (C=O) groups excluding carboxylic acids is 3. The number of aliphatic hydroxyl groups is 1. The van der Waals surface area contributed by atoms with E-state index in [4.69, 9.17) is 0 Å². The number of aliphatic hydroxyl groups excluding tert-OH is 1. The topological polar surface area (TPSA) is 81.2 Å². The number of thioether (sulfide) groups is 1. The molecule has 0 aliphatic carbocycles. The van der Waals surface area contributed by atoms with Gasteiger partial charge >= 0.3 is 0 Å². The van der Waals surface area contributed by atoms with E-state index in [1.807, 2.05) is 65.3 Å². The van der Waals surface area contributed by atoms with Crippen LogP contribution in [-0.4, -0.2) is 86.4 Å². The highest BCUT2D eigenvalue weighted by Gasteiger charge is 2.71. The van der Waals surface area contributed by atoms with Crippen molar-refractivity contribution in [1.82, 2.24) is 14.7 Å². The lowest BCUT2D eigenvalue weighted by molar-refractivity contribution is -0.147. The van der Waals surface area contributed by atoms with Crippen LogP contribution < -0.4 is 0 Å². The lowest BCUT2D eigenvalue weighted by Gasteiger charge is -2.38. The predicted octanol–water partition coefficient (Wildman–Crippen LogP) is 3.02. The molecule has 2 saturated heterocycles. The van der Waals surface area contributed by atoms with Gasteiger partial charge in [-0.3, -0.25) is 14.4 Å². The molecule has 4 aliphatic heterocycles. The van der Waals surface area contributed by atoms with Crippen LogP contribution in [0.2, 0.25) is 0 Å². The van der Waals surface area contributed by atoms with Gasteiger partial charge in [-0.15, -0.1) is 11.8 Å². The maximum atomic E-state index is 14.5. The molecule has 0 radical (unpaired) electrons. The Labute approximate surface area is 223 Å². The molecule has 0 saturated carbocycles. The molecule has 4 heterocycles. The number of benzene rings is 1. The first-order chi connectivity index (χ1) is 18.0. The molecule has 2 fully saturated rings. The number of nitrogens with zero attached hydrogens (tertiary/aromatic N) is 3. The summed E-state index contributed by atoms with van der Waals surface area (Å²) in [5.41, 5.74) is 0.788.